The van der Waals surface area contributed by atoms with E-state index >= 15 is 0 Å². The molecule has 0 spiro atoms. The fraction of sp³-hybridized carbons (Fsp3) is 0.343. The fourth-order valence-electron chi connectivity index (χ4n) is 5.26. The van der Waals surface area contributed by atoms with Gasteiger partial charge in [-0.15, -0.1) is 0 Å². The summed E-state index contributed by atoms with van der Waals surface area (Å²) in [6, 6.07) is 16.9. The summed E-state index contributed by atoms with van der Waals surface area (Å²) in [5.41, 5.74) is 9.84. The molecule has 0 aliphatic heterocycles. The molecule has 0 fully saturated rings. The third-order valence-electron chi connectivity index (χ3n) is 7.48. The van der Waals surface area contributed by atoms with Gasteiger partial charge in [-0.05, 0) is 59.7 Å². The molecule has 4 N–H and O–H groups in total. The van der Waals surface area contributed by atoms with Crippen LogP contribution in [-0.4, -0.2) is 41.4 Å². The van der Waals surface area contributed by atoms with Crippen LogP contribution < -0.4 is 26.7 Å². The highest BCUT2D eigenvalue weighted by Gasteiger charge is 2.22. The number of fused-ring (bicyclic) bond motifs is 1. The van der Waals surface area contributed by atoms with Gasteiger partial charge in [-0.3, -0.25) is 14.4 Å². The van der Waals surface area contributed by atoms with Crippen LogP contribution in [0.3, 0.4) is 0 Å². The van der Waals surface area contributed by atoms with Gasteiger partial charge in [-0.2, -0.15) is 0 Å². The SMILES string of the molecule is CCCCn1c(=O)c(NC(=O)Nc2c(CC)cccc2C(C)C)c(-c2cccc(OCCCN=CN=CN)c2)c2cccnc21. The number of aromatic nitrogens is 2. The molecule has 0 saturated heterocycles. The number of hydrogen-bond acceptors (Lipinski definition) is 5. The largest absolute Gasteiger partial charge is 0.494 e. The number of aryl methyl sites for hydroxylation is 2. The van der Waals surface area contributed by atoms with Crippen LogP contribution in [0.25, 0.3) is 22.2 Å². The highest BCUT2D eigenvalue weighted by Crippen LogP contribution is 2.35. The van der Waals surface area contributed by atoms with Gasteiger partial charge < -0.3 is 21.1 Å². The number of hydrogen-bond donors (Lipinski definition) is 3. The average molecular weight is 610 g/mol. The van der Waals surface area contributed by atoms with Crippen LogP contribution in [0.1, 0.15) is 64.0 Å². The highest BCUT2D eigenvalue weighted by molar-refractivity contribution is 6.07. The van der Waals surface area contributed by atoms with Gasteiger partial charge in [0, 0.05) is 42.3 Å². The lowest BCUT2D eigenvalue weighted by Gasteiger charge is -2.20. The molecule has 0 aliphatic rings. The van der Waals surface area contributed by atoms with Crippen molar-refractivity contribution in [2.45, 2.75) is 65.8 Å². The molecule has 10 nitrogen and oxygen atoms in total. The summed E-state index contributed by atoms with van der Waals surface area (Å²) in [5.74, 6) is 0.840. The molecular weight excluding hydrogens is 566 g/mol. The maximum Gasteiger partial charge on any atom is 0.323 e. The van der Waals surface area contributed by atoms with E-state index in [4.69, 9.17) is 10.5 Å². The minimum Gasteiger partial charge on any atom is -0.494 e. The Balaban J connectivity index is 1.76. The number of carbonyl (C=O) groups is 1. The Kier molecular flexibility index (Phi) is 11.8. The van der Waals surface area contributed by atoms with Gasteiger partial charge in [-0.25, -0.2) is 14.8 Å². The molecule has 0 unspecified atom stereocenters. The van der Waals surface area contributed by atoms with Gasteiger partial charge >= 0.3 is 6.03 Å². The van der Waals surface area contributed by atoms with Crippen molar-refractivity contribution in [3.8, 4) is 16.9 Å². The number of para-hydroxylation sites is 1. The van der Waals surface area contributed by atoms with Crippen molar-refractivity contribution in [3.05, 3.63) is 82.3 Å². The Bertz CT molecular complexity index is 1730. The van der Waals surface area contributed by atoms with E-state index in [-0.39, 0.29) is 17.2 Å². The number of aliphatic imine (C=N–C) groups is 2. The quantitative estimate of drug-likeness (QED) is 0.0805. The molecular formula is C35H43N7O3. The minimum atomic E-state index is -0.478. The van der Waals surface area contributed by atoms with Crippen LogP contribution in [0.15, 0.2) is 75.6 Å². The van der Waals surface area contributed by atoms with Crippen molar-refractivity contribution in [2.24, 2.45) is 15.7 Å². The predicted molar refractivity (Wildman–Crippen MR) is 185 cm³/mol. The fourth-order valence-corrected chi connectivity index (χ4v) is 5.26. The molecule has 45 heavy (non-hydrogen) atoms. The lowest BCUT2D eigenvalue weighted by Crippen LogP contribution is -2.30. The van der Waals surface area contributed by atoms with Crippen molar-refractivity contribution in [2.75, 3.05) is 23.8 Å². The second kappa shape index (κ2) is 16.2. The monoisotopic (exact) mass is 609 g/mol. The van der Waals surface area contributed by atoms with E-state index in [2.05, 4.69) is 53.3 Å². The van der Waals surface area contributed by atoms with Crippen LogP contribution >= 0.6 is 0 Å². The number of rotatable bonds is 14. The first-order chi connectivity index (χ1) is 21.9. The van der Waals surface area contributed by atoms with Gasteiger partial charge in [0.15, 0.2) is 0 Å². The number of benzene rings is 2. The summed E-state index contributed by atoms with van der Waals surface area (Å²) in [5, 5.41) is 6.79. The van der Waals surface area contributed by atoms with E-state index in [0.717, 1.165) is 47.0 Å². The number of urea groups is 1. The number of ether oxygens (including phenoxy) is 1. The Labute approximate surface area is 264 Å². The third-order valence-corrected chi connectivity index (χ3v) is 7.48. The van der Waals surface area contributed by atoms with Gasteiger partial charge in [0.05, 0.1) is 12.9 Å². The third kappa shape index (κ3) is 8.14. The number of amides is 2. The van der Waals surface area contributed by atoms with Crippen LogP contribution in [0, 0.1) is 0 Å². The Morgan fingerprint density at radius 1 is 1.07 bits per heavy atom. The maximum atomic E-state index is 14.2. The first-order valence-corrected chi connectivity index (χ1v) is 15.6. The average Bonchev–Trinajstić information content (AvgIpc) is 3.04. The number of anilines is 2. The van der Waals surface area contributed by atoms with E-state index in [9.17, 15) is 9.59 Å². The summed E-state index contributed by atoms with van der Waals surface area (Å²) >= 11 is 0. The molecule has 0 atom stereocenters. The van der Waals surface area contributed by atoms with Crippen LogP contribution in [0.4, 0.5) is 16.2 Å². The molecule has 236 valence electrons. The lowest BCUT2D eigenvalue weighted by molar-refractivity contribution is 0.262. The van der Waals surface area contributed by atoms with E-state index < -0.39 is 6.03 Å². The lowest BCUT2D eigenvalue weighted by atomic mass is 9.96. The molecule has 0 aliphatic carbocycles. The summed E-state index contributed by atoms with van der Waals surface area (Å²) in [6.07, 6.45) is 7.43. The number of nitrogens with zero attached hydrogens (tertiary/aromatic N) is 4. The molecule has 0 bridgehead atoms. The molecule has 2 heterocycles. The van der Waals surface area contributed by atoms with Gasteiger partial charge in [0.1, 0.15) is 23.4 Å². The number of nitrogens with two attached hydrogens (primary N) is 1. The summed E-state index contributed by atoms with van der Waals surface area (Å²) in [7, 11) is 0. The van der Waals surface area contributed by atoms with Crippen LogP contribution in [0.2, 0.25) is 0 Å². The Morgan fingerprint density at radius 3 is 2.62 bits per heavy atom. The van der Waals surface area contributed by atoms with E-state index in [1.165, 1.54) is 12.7 Å². The zero-order chi connectivity index (χ0) is 32.2. The summed E-state index contributed by atoms with van der Waals surface area (Å²) < 4.78 is 7.68. The maximum absolute atomic E-state index is 14.2. The Morgan fingerprint density at radius 2 is 1.87 bits per heavy atom. The van der Waals surface area contributed by atoms with Gasteiger partial charge in [-0.1, -0.05) is 64.4 Å². The molecule has 2 aromatic carbocycles. The number of carbonyl (C=O) groups excluding carboxylic acids is 1. The zero-order valence-electron chi connectivity index (χ0n) is 26.5. The molecule has 2 amide bonds. The van der Waals surface area contributed by atoms with Crippen molar-refractivity contribution in [1.29, 1.82) is 0 Å². The molecule has 0 radical (unpaired) electrons. The predicted octanol–water partition coefficient (Wildman–Crippen LogP) is 6.98. The van der Waals surface area contributed by atoms with E-state index in [0.29, 0.717) is 43.1 Å². The van der Waals surface area contributed by atoms with Crippen molar-refractivity contribution < 1.29 is 9.53 Å². The smallest absolute Gasteiger partial charge is 0.323 e. The van der Waals surface area contributed by atoms with Crippen molar-refractivity contribution in [1.82, 2.24) is 9.55 Å². The topological polar surface area (TPSA) is 136 Å². The Hall–Kier alpha value is -4.99. The number of nitrogens with one attached hydrogen (secondary N) is 2. The normalized spacial score (nSPS) is 11.6. The minimum absolute atomic E-state index is 0.191. The summed E-state index contributed by atoms with van der Waals surface area (Å²) in [6.45, 7) is 9.79. The molecule has 2 aromatic heterocycles. The molecule has 4 aromatic rings. The first kappa shape index (κ1) is 32.9. The molecule has 4 rings (SSSR count). The van der Waals surface area contributed by atoms with E-state index in [1.807, 2.05) is 54.6 Å². The number of unbranched alkanes of at least 4 members (excludes halogenated alkanes) is 1. The second-order valence-corrected chi connectivity index (χ2v) is 11.0. The number of pyridine rings is 2. The van der Waals surface area contributed by atoms with Gasteiger partial charge in [0.2, 0.25) is 0 Å². The molecule has 0 saturated carbocycles. The van der Waals surface area contributed by atoms with Crippen molar-refractivity contribution >= 4 is 41.1 Å². The van der Waals surface area contributed by atoms with Gasteiger partial charge in [0.25, 0.3) is 5.56 Å². The standard InChI is InChI=1S/C35H43N7O3/c1-5-7-19-42-33-29(16-10-18-39-33)30(26-13-8-14-27(21-26)45-20-11-17-37-23-38-22-36)32(34(42)43)41-35(44)40-31-25(6-2)12-9-15-28(31)24(3)4/h8-10,12-16,18,21-24H,5-7,11,17,19-20H2,1-4H3,(H2,36,37,38)(H2,40,41,44). The second-order valence-electron chi connectivity index (χ2n) is 11.0. The first-order valence-electron chi connectivity index (χ1n) is 15.6. The van der Waals surface area contributed by atoms with E-state index in [1.54, 1.807) is 10.8 Å². The zero-order valence-corrected chi connectivity index (χ0v) is 26.5. The van der Waals surface area contributed by atoms with Crippen molar-refractivity contribution in [3.63, 3.8) is 0 Å². The molecule has 10 heteroatoms. The summed E-state index contributed by atoms with van der Waals surface area (Å²) in [4.78, 5) is 40.4. The van der Waals surface area contributed by atoms with Crippen LogP contribution in [0.5, 0.6) is 5.75 Å². The highest BCUT2D eigenvalue weighted by atomic mass is 16.5. The van der Waals surface area contributed by atoms with Crippen LogP contribution in [-0.2, 0) is 13.0 Å².